The number of amides is 1. The molecule has 4 nitrogen and oxygen atoms in total. The van der Waals surface area contributed by atoms with E-state index < -0.39 is 0 Å². The normalized spacial score (nSPS) is 9.94. The lowest BCUT2D eigenvalue weighted by Gasteiger charge is -2.10. The maximum atomic E-state index is 11.6. The van der Waals surface area contributed by atoms with Crippen molar-refractivity contribution in [3.05, 3.63) is 35.4 Å². The van der Waals surface area contributed by atoms with Crippen molar-refractivity contribution in [3.63, 3.8) is 0 Å². The molecule has 0 fully saturated rings. The Hall–Kier alpha value is -1.68. The van der Waals surface area contributed by atoms with Crippen molar-refractivity contribution in [2.24, 2.45) is 0 Å². The number of Topliss-reactive ketones (excluding diaryl/α,β-unsaturated/α-hetero) is 1. The number of hydrogen-bond donors (Lipinski definition) is 1. The number of nitrogens with one attached hydrogen (secondary N) is 1. The molecule has 0 radical (unpaired) electrons. The number of ketones is 1. The molecule has 1 aromatic carbocycles. The van der Waals surface area contributed by atoms with Crippen LogP contribution in [0.5, 0.6) is 0 Å². The van der Waals surface area contributed by atoms with E-state index in [4.69, 9.17) is 0 Å². The minimum absolute atomic E-state index is 0.0198. The van der Waals surface area contributed by atoms with E-state index in [-0.39, 0.29) is 11.7 Å². The Kier molecular flexibility index (Phi) is 4.19. The van der Waals surface area contributed by atoms with Crippen LogP contribution in [-0.2, 0) is 0 Å². The predicted molar refractivity (Wildman–Crippen MR) is 62.7 cm³/mol. The van der Waals surface area contributed by atoms with Gasteiger partial charge in [0, 0.05) is 25.2 Å². The molecule has 86 valence electrons. The van der Waals surface area contributed by atoms with Crippen LogP contribution in [0.4, 0.5) is 0 Å². The summed E-state index contributed by atoms with van der Waals surface area (Å²) in [5.41, 5.74) is 1.20. The van der Waals surface area contributed by atoms with Crippen LogP contribution in [0, 0.1) is 0 Å². The second-order valence-corrected chi connectivity index (χ2v) is 3.73. The average molecular weight is 220 g/mol. The predicted octanol–water partition coefficient (Wildman–Crippen LogP) is 0.790. The molecule has 1 aromatic rings. The quantitative estimate of drug-likeness (QED) is 0.763. The van der Waals surface area contributed by atoms with E-state index in [1.807, 2.05) is 0 Å². The molecule has 0 saturated heterocycles. The van der Waals surface area contributed by atoms with Crippen LogP contribution in [0.2, 0.25) is 0 Å². The second-order valence-electron chi connectivity index (χ2n) is 3.73. The summed E-state index contributed by atoms with van der Waals surface area (Å²) in [5.74, 6) is -0.0426. The fourth-order valence-corrected chi connectivity index (χ4v) is 1.32. The smallest absolute Gasteiger partial charge is 0.253 e. The van der Waals surface area contributed by atoms with Crippen LogP contribution in [-0.4, -0.2) is 44.3 Å². The average Bonchev–Trinajstić information content (AvgIpc) is 2.28. The third-order valence-corrected chi connectivity index (χ3v) is 2.20. The van der Waals surface area contributed by atoms with Gasteiger partial charge >= 0.3 is 0 Å². The highest BCUT2D eigenvalue weighted by atomic mass is 16.2. The van der Waals surface area contributed by atoms with E-state index in [9.17, 15) is 9.59 Å². The van der Waals surface area contributed by atoms with E-state index in [1.54, 1.807) is 45.4 Å². The van der Waals surface area contributed by atoms with Crippen LogP contribution in [0.15, 0.2) is 24.3 Å². The monoisotopic (exact) mass is 220 g/mol. The Labute approximate surface area is 95.3 Å². The van der Waals surface area contributed by atoms with Crippen molar-refractivity contribution in [3.8, 4) is 0 Å². The zero-order valence-electron chi connectivity index (χ0n) is 9.78. The summed E-state index contributed by atoms with van der Waals surface area (Å²) in [6.07, 6.45) is 0. The van der Waals surface area contributed by atoms with Gasteiger partial charge in [0.2, 0.25) is 0 Å². The van der Waals surface area contributed by atoms with Gasteiger partial charge in [0.25, 0.3) is 5.91 Å². The summed E-state index contributed by atoms with van der Waals surface area (Å²) in [7, 11) is 5.12. The summed E-state index contributed by atoms with van der Waals surface area (Å²) < 4.78 is 0. The molecule has 0 atom stereocenters. The van der Waals surface area contributed by atoms with Gasteiger partial charge in [-0.2, -0.15) is 0 Å². The third-order valence-electron chi connectivity index (χ3n) is 2.20. The lowest BCUT2D eigenvalue weighted by Crippen LogP contribution is -2.22. The molecule has 0 aliphatic rings. The first kappa shape index (κ1) is 12.4. The van der Waals surface area contributed by atoms with Gasteiger partial charge in [-0.1, -0.05) is 12.1 Å². The van der Waals surface area contributed by atoms with E-state index in [0.717, 1.165) is 0 Å². The van der Waals surface area contributed by atoms with Crippen LogP contribution in [0.3, 0.4) is 0 Å². The van der Waals surface area contributed by atoms with Gasteiger partial charge in [-0.25, -0.2) is 0 Å². The van der Waals surface area contributed by atoms with Crippen LogP contribution in [0.25, 0.3) is 0 Å². The van der Waals surface area contributed by atoms with Crippen LogP contribution in [0.1, 0.15) is 20.7 Å². The fraction of sp³-hybridized carbons (Fsp3) is 0.333. The lowest BCUT2D eigenvalue weighted by molar-refractivity contribution is 0.0827. The van der Waals surface area contributed by atoms with Crippen molar-refractivity contribution in [1.82, 2.24) is 10.2 Å². The molecule has 0 spiro atoms. The van der Waals surface area contributed by atoms with Crippen LogP contribution >= 0.6 is 0 Å². The first-order valence-corrected chi connectivity index (χ1v) is 5.05. The SMILES string of the molecule is CNCC(=O)c1ccc(C(=O)N(C)C)cc1. The second kappa shape index (κ2) is 5.42. The first-order valence-electron chi connectivity index (χ1n) is 5.05. The zero-order chi connectivity index (χ0) is 12.1. The summed E-state index contributed by atoms with van der Waals surface area (Å²) in [6.45, 7) is 0.307. The van der Waals surface area contributed by atoms with Crippen molar-refractivity contribution >= 4 is 11.7 Å². The van der Waals surface area contributed by atoms with Gasteiger partial charge in [-0.15, -0.1) is 0 Å². The number of nitrogens with zero attached hydrogens (tertiary/aromatic N) is 1. The molecular formula is C12H16N2O2. The molecule has 0 aliphatic heterocycles. The van der Waals surface area contributed by atoms with Gasteiger partial charge in [-0.3, -0.25) is 9.59 Å². The Balaban J connectivity index is 2.83. The number of likely N-dealkylation sites (N-methyl/N-ethyl adjacent to an activating group) is 1. The summed E-state index contributed by atoms with van der Waals surface area (Å²) >= 11 is 0. The number of benzene rings is 1. The largest absolute Gasteiger partial charge is 0.345 e. The molecule has 1 N–H and O–H groups in total. The van der Waals surface area contributed by atoms with E-state index >= 15 is 0 Å². The van der Waals surface area contributed by atoms with E-state index in [1.165, 1.54) is 4.90 Å². The van der Waals surface area contributed by atoms with Gasteiger partial charge in [0.15, 0.2) is 5.78 Å². The Morgan fingerprint density at radius 1 is 1.12 bits per heavy atom. The molecule has 0 saturated carbocycles. The van der Waals surface area contributed by atoms with Gasteiger partial charge < -0.3 is 10.2 Å². The summed E-state index contributed by atoms with van der Waals surface area (Å²) in [4.78, 5) is 24.6. The number of hydrogen-bond acceptors (Lipinski definition) is 3. The molecule has 4 heteroatoms. The Bertz CT molecular complexity index is 383. The highest BCUT2D eigenvalue weighted by Gasteiger charge is 2.09. The molecule has 0 heterocycles. The minimum Gasteiger partial charge on any atom is -0.345 e. The summed E-state index contributed by atoms with van der Waals surface area (Å²) in [5, 5.41) is 2.80. The van der Waals surface area contributed by atoms with Crippen molar-refractivity contribution in [2.75, 3.05) is 27.7 Å². The molecular weight excluding hydrogens is 204 g/mol. The lowest BCUT2D eigenvalue weighted by atomic mass is 10.1. The standard InChI is InChI=1S/C12H16N2O2/c1-13-8-11(15)9-4-6-10(7-5-9)12(16)14(2)3/h4-7,13H,8H2,1-3H3. The van der Waals surface area contributed by atoms with Gasteiger partial charge in [-0.05, 0) is 19.2 Å². The molecule has 1 amide bonds. The van der Waals surface area contributed by atoms with Gasteiger partial charge in [0.05, 0.1) is 6.54 Å². The molecule has 1 rings (SSSR count). The topological polar surface area (TPSA) is 49.4 Å². The molecule has 0 aliphatic carbocycles. The van der Waals surface area contributed by atoms with E-state index in [0.29, 0.717) is 17.7 Å². The molecule has 16 heavy (non-hydrogen) atoms. The maximum Gasteiger partial charge on any atom is 0.253 e. The Morgan fingerprint density at radius 3 is 2.06 bits per heavy atom. The third kappa shape index (κ3) is 2.90. The molecule has 0 aromatic heterocycles. The van der Waals surface area contributed by atoms with Crippen LogP contribution < -0.4 is 5.32 Å². The zero-order valence-corrected chi connectivity index (χ0v) is 9.78. The van der Waals surface area contributed by atoms with Crippen molar-refractivity contribution in [1.29, 1.82) is 0 Å². The maximum absolute atomic E-state index is 11.6. The summed E-state index contributed by atoms with van der Waals surface area (Å²) in [6, 6.07) is 6.70. The highest BCUT2D eigenvalue weighted by Crippen LogP contribution is 2.06. The Morgan fingerprint density at radius 2 is 1.62 bits per heavy atom. The molecule has 0 unspecified atom stereocenters. The van der Waals surface area contributed by atoms with Crippen molar-refractivity contribution < 1.29 is 9.59 Å². The fourth-order valence-electron chi connectivity index (χ4n) is 1.32. The van der Waals surface area contributed by atoms with Gasteiger partial charge in [0.1, 0.15) is 0 Å². The number of carbonyl (C=O) groups is 2. The first-order chi connectivity index (χ1) is 7.56. The van der Waals surface area contributed by atoms with Crippen molar-refractivity contribution in [2.45, 2.75) is 0 Å². The minimum atomic E-state index is -0.0624. The number of rotatable bonds is 4. The number of carbonyl (C=O) groups excluding carboxylic acids is 2. The van der Waals surface area contributed by atoms with E-state index in [2.05, 4.69) is 5.32 Å². The molecule has 0 bridgehead atoms. The highest BCUT2D eigenvalue weighted by molar-refractivity contribution is 5.99.